The third kappa shape index (κ3) is 4.49. The highest BCUT2D eigenvalue weighted by atomic mass is 19.1. The molecule has 2 rings (SSSR count). The van der Waals surface area contributed by atoms with E-state index in [1.165, 1.54) is 18.3 Å². The van der Waals surface area contributed by atoms with Crippen molar-refractivity contribution in [2.24, 2.45) is 0 Å². The predicted molar refractivity (Wildman–Crippen MR) is 80.5 cm³/mol. The summed E-state index contributed by atoms with van der Waals surface area (Å²) in [5.74, 6) is -0.724. The summed E-state index contributed by atoms with van der Waals surface area (Å²) < 4.78 is 27.5. The average Bonchev–Trinajstić information content (AvgIpc) is 2.39. The van der Waals surface area contributed by atoms with E-state index in [0.29, 0.717) is 17.8 Å². The van der Waals surface area contributed by atoms with Crippen LogP contribution in [0.2, 0.25) is 0 Å². The summed E-state index contributed by atoms with van der Waals surface area (Å²) >= 11 is 0. The lowest BCUT2D eigenvalue weighted by Gasteiger charge is -2.21. The summed E-state index contributed by atoms with van der Waals surface area (Å²) in [6.07, 6.45) is 1.53. The van der Waals surface area contributed by atoms with Crippen molar-refractivity contribution in [3.63, 3.8) is 0 Å². The molecule has 2 N–H and O–H groups in total. The normalized spacial score (nSPS) is 11.5. The maximum absolute atomic E-state index is 14.4. The molecule has 1 heterocycles. The van der Waals surface area contributed by atoms with Crippen molar-refractivity contribution in [2.75, 3.05) is 5.32 Å². The van der Waals surface area contributed by atoms with Gasteiger partial charge in [0.2, 0.25) is 0 Å². The van der Waals surface area contributed by atoms with Gasteiger partial charge in [0.15, 0.2) is 11.6 Å². The molecule has 0 fully saturated rings. The van der Waals surface area contributed by atoms with Crippen LogP contribution in [0.5, 0.6) is 0 Å². The van der Waals surface area contributed by atoms with Crippen molar-refractivity contribution in [3.05, 3.63) is 53.7 Å². The number of nitrogens with zero attached hydrogens (tertiary/aromatic N) is 1. The number of pyridine rings is 1. The fourth-order valence-electron chi connectivity index (χ4n) is 1.77. The van der Waals surface area contributed by atoms with Crippen LogP contribution in [0.1, 0.15) is 26.3 Å². The fourth-order valence-corrected chi connectivity index (χ4v) is 1.77. The van der Waals surface area contributed by atoms with E-state index in [2.05, 4.69) is 15.6 Å². The standard InChI is InChI=1S/C16H19F2N3/c1-16(2,3)20-10-11-7-8-19-15(14(11)18)21-13-6-4-5-12(17)9-13/h4-9,20H,10H2,1-3H3,(H,19,21). The lowest BCUT2D eigenvalue weighted by molar-refractivity contribution is 0.418. The Morgan fingerprint density at radius 1 is 1.14 bits per heavy atom. The van der Waals surface area contributed by atoms with Gasteiger partial charge in [-0.1, -0.05) is 6.07 Å². The van der Waals surface area contributed by atoms with Crippen LogP contribution in [0.3, 0.4) is 0 Å². The molecule has 0 atom stereocenters. The summed E-state index contributed by atoms with van der Waals surface area (Å²) in [6, 6.07) is 7.47. The molecule has 0 aliphatic heterocycles. The van der Waals surface area contributed by atoms with Crippen LogP contribution >= 0.6 is 0 Å². The summed E-state index contributed by atoms with van der Waals surface area (Å²) in [4.78, 5) is 3.97. The molecule has 0 aliphatic carbocycles. The zero-order chi connectivity index (χ0) is 15.5. The quantitative estimate of drug-likeness (QED) is 0.894. The third-order valence-corrected chi connectivity index (χ3v) is 2.87. The Morgan fingerprint density at radius 2 is 1.90 bits per heavy atom. The zero-order valence-corrected chi connectivity index (χ0v) is 12.4. The van der Waals surface area contributed by atoms with E-state index < -0.39 is 5.82 Å². The molecule has 3 nitrogen and oxygen atoms in total. The SMILES string of the molecule is CC(C)(C)NCc1ccnc(Nc2cccc(F)c2)c1F. The van der Waals surface area contributed by atoms with Gasteiger partial charge in [-0.2, -0.15) is 0 Å². The molecule has 1 aromatic heterocycles. The van der Waals surface area contributed by atoms with E-state index >= 15 is 0 Å². The van der Waals surface area contributed by atoms with Crippen molar-refractivity contribution >= 4 is 11.5 Å². The molecule has 0 amide bonds. The van der Waals surface area contributed by atoms with Gasteiger partial charge < -0.3 is 10.6 Å². The van der Waals surface area contributed by atoms with E-state index in [1.54, 1.807) is 18.2 Å². The Morgan fingerprint density at radius 3 is 2.57 bits per heavy atom. The lowest BCUT2D eigenvalue weighted by atomic mass is 10.1. The monoisotopic (exact) mass is 291 g/mol. The second-order valence-corrected chi connectivity index (χ2v) is 5.87. The first-order valence-electron chi connectivity index (χ1n) is 6.76. The number of hydrogen-bond acceptors (Lipinski definition) is 3. The van der Waals surface area contributed by atoms with E-state index in [9.17, 15) is 8.78 Å². The van der Waals surface area contributed by atoms with Crippen LogP contribution in [0.25, 0.3) is 0 Å². The van der Waals surface area contributed by atoms with Gasteiger partial charge in [0.25, 0.3) is 0 Å². The minimum absolute atomic E-state index is 0.0915. The van der Waals surface area contributed by atoms with E-state index in [4.69, 9.17) is 0 Å². The molecule has 2 aromatic rings. The van der Waals surface area contributed by atoms with Gasteiger partial charge >= 0.3 is 0 Å². The van der Waals surface area contributed by atoms with Gasteiger partial charge in [-0.25, -0.2) is 13.8 Å². The van der Waals surface area contributed by atoms with Crippen molar-refractivity contribution < 1.29 is 8.78 Å². The Kier molecular flexibility index (Phi) is 4.53. The number of rotatable bonds is 4. The van der Waals surface area contributed by atoms with Crippen molar-refractivity contribution in [2.45, 2.75) is 32.9 Å². The van der Waals surface area contributed by atoms with E-state index in [1.807, 2.05) is 20.8 Å². The molecule has 21 heavy (non-hydrogen) atoms. The Bertz CT molecular complexity index is 621. The second kappa shape index (κ2) is 6.18. The molecule has 0 aliphatic rings. The van der Waals surface area contributed by atoms with Gasteiger partial charge in [0.05, 0.1) is 0 Å². The molecule has 0 radical (unpaired) electrons. The van der Waals surface area contributed by atoms with Crippen molar-refractivity contribution in [1.82, 2.24) is 10.3 Å². The fraction of sp³-hybridized carbons (Fsp3) is 0.312. The summed E-state index contributed by atoms with van der Waals surface area (Å²) in [5.41, 5.74) is 0.868. The molecule has 0 bridgehead atoms. The molecule has 5 heteroatoms. The molecule has 112 valence electrons. The van der Waals surface area contributed by atoms with Crippen molar-refractivity contribution in [1.29, 1.82) is 0 Å². The topological polar surface area (TPSA) is 37.0 Å². The molecular formula is C16H19F2N3. The summed E-state index contributed by atoms with van der Waals surface area (Å²) in [7, 11) is 0. The second-order valence-electron chi connectivity index (χ2n) is 5.87. The lowest BCUT2D eigenvalue weighted by Crippen LogP contribution is -2.35. The molecule has 0 unspecified atom stereocenters. The highest BCUT2D eigenvalue weighted by molar-refractivity contribution is 5.57. The molecule has 0 saturated heterocycles. The average molecular weight is 291 g/mol. The third-order valence-electron chi connectivity index (χ3n) is 2.87. The van der Waals surface area contributed by atoms with Gasteiger partial charge in [-0.05, 0) is 45.0 Å². The van der Waals surface area contributed by atoms with Gasteiger partial charge in [-0.15, -0.1) is 0 Å². The van der Waals surface area contributed by atoms with E-state index in [0.717, 1.165) is 0 Å². The number of anilines is 2. The number of halogens is 2. The predicted octanol–water partition coefficient (Wildman–Crippen LogP) is 3.99. The van der Waals surface area contributed by atoms with Gasteiger partial charge in [0, 0.05) is 29.5 Å². The largest absolute Gasteiger partial charge is 0.338 e. The van der Waals surface area contributed by atoms with Gasteiger partial charge in [-0.3, -0.25) is 0 Å². The Hall–Kier alpha value is -2.01. The number of benzene rings is 1. The zero-order valence-electron chi connectivity index (χ0n) is 12.4. The maximum Gasteiger partial charge on any atom is 0.170 e. The van der Waals surface area contributed by atoms with Gasteiger partial charge in [0.1, 0.15) is 5.82 Å². The molecule has 0 spiro atoms. The highest BCUT2D eigenvalue weighted by Gasteiger charge is 2.13. The minimum Gasteiger partial charge on any atom is -0.338 e. The first-order valence-corrected chi connectivity index (χ1v) is 6.76. The van der Waals surface area contributed by atoms with Crippen LogP contribution in [0, 0.1) is 11.6 Å². The molecular weight excluding hydrogens is 272 g/mol. The number of hydrogen-bond donors (Lipinski definition) is 2. The minimum atomic E-state index is -0.432. The number of nitrogens with one attached hydrogen (secondary N) is 2. The first kappa shape index (κ1) is 15.4. The van der Waals surface area contributed by atoms with Crippen LogP contribution in [-0.4, -0.2) is 10.5 Å². The summed E-state index contributed by atoms with van der Waals surface area (Å²) in [5, 5.41) is 6.02. The van der Waals surface area contributed by atoms with Crippen LogP contribution in [0.4, 0.5) is 20.3 Å². The van der Waals surface area contributed by atoms with Crippen LogP contribution in [-0.2, 0) is 6.54 Å². The Labute approximate surface area is 123 Å². The molecule has 0 saturated carbocycles. The van der Waals surface area contributed by atoms with Crippen LogP contribution < -0.4 is 10.6 Å². The number of aromatic nitrogens is 1. The maximum atomic E-state index is 14.4. The Balaban J connectivity index is 2.17. The summed E-state index contributed by atoms with van der Waals surface area (Å²) in [6.45, 7) is 6.43. The van der Waals surface area contributed by atoms with Crippen LogP contribution in [0.15, 0.2) is 36.5 Å². The molecule has 1 aromatic carbocycles. The smallest absolute Gasteiger partial charge is 0.170 e. The van der Waals surface area contributed by atoms with E-state index in [-0.39, 0.29) is 17.2 Å². The first-order chi connectivity index (χ1) is 9.85. The highest BCUT2D eigenvalue weighted by Crippen LogP contribution is 2.21. The van der Waals surface area contributed by atoms with Crippen molar-refractivity contribution in [3.8, 4) is 0 Å².